The second-order valence-corrected chi connectivity index (χ2v) is 6.24. The van der Waals surface area contributed by atoms with Gasteiger partial charge in [0.15, 0.2) is 0 Å². The molecule has 0 radical (unpaired) electrons. The van der Waals surface area contributed by atoms with Crippen LogP contribution in [-0.4, -0.2) is 25.3 Å². The normalized spacial score (nSPS) is 26.5. The van der Waals surface area contributed by atoms with Crippen molar-refractivity contribution in [1.29, 1.82) is 0 Å². The number of nitrogens with one attached hydrogen (secondary N) is 1. The van der Waals surface area contributed by atoms with E-state index in [1.807, 2.05) is 0 Å². The Hall–Kier alpha value is -0.0800. The molecule has 4 unspecified atom stereocenters. The Morgan fingerprint density at radius 2 is 2.00 bits per heavy atom. The molecule has 0 amide bonds. The first-order chi connectivity index (χ1) is 9.22. The van der Waals surface area contributed by atoms with Gasteiger partial charge in [-0.15, -0.1) is 0 Å². The van der Waals surface area contributed by atoms with E-state index in [1.54, 1.807) is 0 Å². The first-order valence-electron chi connectivity index (χ1n) is 8.57. The molecule has 0 aromatic heterocycles. The van der Waals surface area contributed by atoms with Gasteiger partial charge in [-0.1, -0.05) is 46.5 Å². The minimum Gasteiger partial charge on any atom is -0.378 e. The van der Waals surface area contributed by atoms with Crippen LogP contribution >= 0.6 is 0 Å². The van der Waals surface area contributed by atoms with E-state index in [0.29, 0.717) is 12.1 Å². The van der Waals surface area contributed by atoms with Crippen LogP contribution in [0.15, 0.2) is 0 Å². The summed E-state index contributed by atoms with van der Waals surface area (Å²) in [7, 11) is 0. The molecule has 1 aliphatic rings. The minimum atomic E-state index is 0.443. The van der Waals surface area contributed by atoms with Crippen LogP contribution in [0, 0.1) is 11.8 Å². The summed E-state index contributed by atoms with van der Waals surface area (Å²) < 4.78 is 5.78. The Kier molecular flexibility index (Phi) is 8.72. The van der Waals surface area contributed by atoms with Gasteiger partial charge < -0.3 is 10.1 Å². The third-order valence-electron chi connectivity index (χ3n) is 4.74. The van der Waals surface area contributed by atoms with Crippen LogP contribution in [0.1, 0.15) is 72.6 Å². The molecule has 114 valence electrons. The minimum absolute atomic E-state index is 0.443. The summed E-state index contributed by atoms with van der Waals surface area (Å²) in [4.78, 5) is 0. The zero-order valence-electron chi connectivity index (χ0n) is 13.6. The topological polar surface area (TPSA) is 21.3 Å². The monoisotopic (exact) mass is 269 g/mol. The smallest absolute Gasteiger partial charge is 0.0590 e. The molecule has 4 atom stereocenters. The molecule has 19 heavy (non-hydrogen) atoms. The van der Waals surface area contributed by atoms with Crippen molar-refractivity contribution < 1.29 is 4.74 Å². The van der Waals surface area contributed by atoms with Gasteiger partial charge in [-0.3, -0.25) is 0 Å². The molecule has 0 spiro atoms. The van der Waals surface area contributed by atoms with E-state index in [0.717, 1.165) is 25.0 Å². The van der Waals surface area contributed by atoms with E-state index < -0.39 is 0 Å². The number of hydrogen-bond donors (Lipinski definition) is 1. The summed E-state index contributed by atoms with van der Waals surface area (Å²) in [6.45, 7) is 11.3. The van der Waals surface area contributed by atoms with Crippen LogP contribution in [0.5, 0.6) is 0 Å². The molecule has 1 rings (SSSR count). The highest BCUT2D eigenvalue weighted by molar-refractivity contribution is 4.86. The second kappa shape index (κ2) is 9.77. The van der Waals surface area contributed by atoms with Gasteiger partial charge in [0.25, 0.3) is 0 Å². The summed E-state index contributed by atoms with van der Waals surface area (Å²) in [5, 5.41) is 3.80. The molecule has 1 N–H and O–H groups in total. The molecule has 1 heterocycles. The van der Waals surface area contributed by atoms with Crippen LogP contribution in [0.2, 0.25) is 0 Å². The van der Waals surface area contributed by atoms with Crippen molar-refractivity contribution in [2.24, 2.45) is 11.8 Å². The van der Waals surface area contributed by atoms with Crippen molar-refractivity contribution in [1.82, 2.24) is 5.32 Å². The lowest BCUT2D eigenvalue weighted by atomic mass is 9.83. The third-order valence-corrected chi connectivity index (χ3v) is 4.74. The SMILES string of the molecule is CCCCC(CC)CC(NCCC)C1CCOC1C. The zero-order chi connectivity index (χ0) is 14.1. The third kappa shape index (κ3) is 5.83. The quantitative estimate of drug-likeness (QED) is 0.635. The summed E-state index contributed by atoms with van der Waals surface area (Å²) in [6, 6.07) is 0.666. The van der Waals surface area contributed by atoms with Crippen molar-refractivity contribution in [2.75, 3.05) is 13.2 Å². The van der Waals surface area contributed by atoms with E-state index in [2.05, 4.69) is 33.0 Å². The molecule has 1 fully saturated rings. The largest absolute Gasteiger partial charge is 0.378 e. The highest BCUT2D eigenvalue weighted by atomic mass is 16.5. The fourth-order valence-corrected chi connectivity index (χ4v) is 3.36. The Morgan fingerprint density at radius 1 is 1.21 bits per heavy atom. The molecule has 2 heteroatoms. The lowest BCUT2D eigenvalue weighted by molar-refractivity contribution is 0.0913. The van der Waals surface area contributed by atoms with Crippen LogP contribution in [0.25, 0.3) is 0 Å². The molecule has 0 aliphatic carbocycles. The van der Waals surface area contributed by atoms with E-state index in [4.69, 9.17) is 4.74 Å². The second-order valence-electron chi connectivity index (χ2n) is 6.24. The van der Waals surface area contributed by atoms with E-state index in [9.17, 15) is 0 Å². The lowest BCUT2D eigenvalue weighted by Crippen LogP contribution is -2.41. The van der Waals surface area contributed by atoms with Crippen LogP contribution in [0.3, 0.4) is 0 Å². The first-order valence-corrected chi connectivity index (χ1v) is 8.57. The van der Waals surface area contributed by atoms with Crippen molar-refractivity contribution in [3.63, 3.8) is 0 Å². The summed E-state index contributed by atoms with van der Waals surface area (Å²) in [5.74, 6) is 1.62. The average molecular weight is 269 g/mol. The summed E-state index contributed by atoms with van der Waals surface area (Å²) in [6.07, 6.45) is 9.69. The van der Waals surface area contributed by atoms with Gasteiger partial charge in [-0.25, -0.2) is 0 Å². The highest BCUT2D eigenvalue weighted by Gasteiger charge is 2.32. The van der Waals surface area contributed by atoms with E-state index in [1.165, 1.54) is 44.9 Å². The maximum absolute atomic E-state index is 5.78. The Labute approximate surface area is 120 Å². The standard InChI is InChI=1S/C17H35NO/c1-5-8-9-15(7-3)13-17(18-11-6-2)16-10-12-19-14(16)4/h14-18H,5-13H2,1-4H3. The number of rotatable bonds is 10. The van der Waals surface area contributed by atoms with Crippen LogP contribution in [0.4, 0.5) is 0 Å². The molecular formula is C17H35NO. The molecule has 1 aliphatic heterocycles. The first kappa shape index (κ1) is 17.0. The number of ether oxygens (including phenoxy) is 1. The molecular weight excluding hydrogens is 234 g/mol. The van der Waals surface area contributed by atoms with Crippen molar-refractivity contribution in [3.05, 3.63) is 0 Å². The molecule has 2 nitrogen and oxygen atoms in total. The fourth-order valence-electron chi connectivity index (χ4n) is 3.36. The summed E-state index contributed by atoms with van der Waals surface area (Å²) >= 11 is 0. The van der Waals surface area contributed by atoms with Gasteiger partial charge in [0, 0.05) is 18.6 Å². The molecule has 0 bridgehead atoms. The average Bonchev–Trinajstić information content (AvgIpc) is 2.84. The van der Waals surface area contributed by atoms with E-state index >= 15 is 0 Å². The van der Waals surface area contributed by atoms with Gasteiger partial charge in [-0.2, -0.15) is 0 Å². The van der Waals surface area contributed by atoms with Gasteiger partial charge in [-0.05, 0) is 38.6 Å². The Bertz CT molecular complexity index is 219. The highest BCUT2D eigenvalue weighted by Crippen LogP contribution is 2.29. The fraction of sp³-hybridized carbons (Fsp3) is 1.00. The van der Waals surface area contributed by atoms with Gasteiger partial charge in [0.05, 0.1) is 6.10 Å². The molecule has 0 aromatic rings. The predicted molar refractivity (Wildman–Crippen MR) is 83.5 cm³/mol. The van der Waals surface area contributed by atoms with Crippen molar-refractivity contribution in [3.8, 4) is 0 Å². The molecule has 0 saturated carbocycles. The number of unbranched alkanes of at least 4 members (excludes halogenated alkanes) is 1. The predicted octanol–water partition coefficient (Wildman–Crippen LogP) is 4.39. The molecule has 1 saturated heterocycles. The summed E-state index contributed by atoms with van der Waals surface area (Å²) in [5.41, 5.74) is 0. The van der Waals surface area contributed by atoms with Crippen LogP contribution < -0.4 is 5.32 Å². The van der Waals surface area contributed by atoms with E-state index in [-0.39, 0.29) is 0 Å². The van der Waals surface area contributed by atoms with Crippen molar-refractivity contribution >= 4 is 0 Å². The maximum Gasteiger partial charge on any atom is 0.0590 e. The Balaban J connectivity index is 2.51. The molecule has 0 aromatic carbocycles. The van der Waals surface area contributed by atoms with Gasteiger partial charge in [0.2, 0.25) is 0 Å². The van der Waals surface area contributed by atoms with Crippen LogP contribution in [-0.2, 0) is 4.74 Å². The van der Waals surface area contributed by atoms with Gasteiger partial charge >= 0.3 is 0 Å². The Morgan fingerprint density at radius 3 is 2.53 bits per heavy atom. The lowest BCUT2D eigenvalue weighted by Gasteiger charge is -2.30. The van der Waals surface area contributed by atoms with Crippen molar-refractivity contribution in [2.45, 2.75) is 84.8 Å². The maximum atomic E-state index is 5.78. The van der Waals surface area contributed by atoms with Gasteiger partial charge in [0.1, 0.15) is 0 Å². The zero-order valence-corrected chi connectivity index (χ0v) is 13.6. The number of hydrogen-bond acceptors (Lipinski definition) is 2.